The lowest BCUT2D eigenvalue weighted by molar-refractivity contribution is 0.567. The molecular weight excluding hydrogens is 227 g/mol. The molecule has 0 bridgehead atoms. The van der Waals surface area contributed by atoms with Gasteiger partial charge in [-0.1, -0.05) is 13.8 Å². The Morgan fingerprint density at radius 3 is 2.33 bits per heavy atom. The molecule has 1 aromatic rings. The maximum atomic E-state index is 13.6. The zero-order valence-electron chi connectivity index (χ0n) is 11.9. The quantitative estimate of drug-likeness (QED) is 0.842. The molecule has 1 rings (SSSR count). The summed E-state index contributed by atoms with van der Waals surface area (Å²) >= 11 is 0. The van der Waals surface area contributed by atoms with E-state index in [1.165, 1.54) is 0 Å². The van der Waals surface area contributed by atoms with E-state index in [0.29, 0.717) is 18.5 Å². The lowest BCUT2D eigenvalue weighted by atomic mass is 10.1. The third kappa shape index (κ3) is 4.30. The van der Waals surface area contributed by atoms with Gasteiger partial charge in [-0.15, -0.1) is 0 Å². The van der Waals surface area contributed by atoms with Crippen molar-refractivity contribution in [3.05, 3.63) is 29.6 Å². The van der Waals surface area contributed by atoms with E-state index < -0.39 is 0 Å². The molecule has 0 atom stereocenters. The van der Waals surface area contributed by atoms with Gasteiger partial charge in [0, 0.05) is 18.3 Å². The number of anilines is 1. The molecule has 1 aromatic carbocycles. The van der Waals surface area contributed by atoms with Gasteiger partial charge in [0.15, 0.2) is 0 Å². The first-order valence-corrected chi connectivity index (χ1v) is 6.70. The Labute approximate surface area is 110 Å². The minimum Gasteiger partial charge on any atom is -0.369 e. The fraction of sp³-hybridized carbons (Fsp3) is 0.600. The fourth-order valence-corrected chi connectivity index (χ4v) is 2.12. The summed E-state index contributed by atoms with van der Waals surface area (Å²) in [6.07, 6.45) is 0.721. The summed E-state index contributed by atoms with van der Waals surface area (Å²) in [4.78, 5) is 2.24. The average Bonchev–Trinajstić information content (AvgIpc) is 2.24. The van der Waals surface area contributed by atoms with E-state index in [-0.39, 0.29) is 5.82 Å². The van der Waals surface area contributed by atoms with Gasteiger partial charge in [0.25, 0.3) is 0 Å². The van der Waals surface area contributed by atoms with Crippen molar-refractivity contribution in [3.8, 4) is 0 Å². The Bertz CT molecular complexity index is 375. The van der Waals surface area contributed by atoms with Crippen LogP contribution >= 0.6 is 0 Å². The first-order chi connectivity index (χ1) is 8.43. The average molecular weight is 252 g/mol. The van der Waals surface area contributed by atoms with Crippen LogP contribution < -0.4 is 10.6 Å². The summed E-state index contributed by atoms with van der Waals surface area (Å²) in [7, 11) is 0. The van der Waals surface area contributed by atoms with Gasteiger partial charge >= 0.3 is 0 Å². The van der Waals surface area contributed by atoms with E-state index >= 15 is 0 Å². The van der Waals surface area contributed by atoms with E-state index in [0.717, 1.165) is 24.2 Å². The van der Waals surface area contributed by atoms with Crippen LogP contribution in [0.15, 0.2) is 18.2 Å². The molecule has 0 spiro atoms. The highest BCUT2D eigenvalue weighted by Crippen LogP contribution is 2.22. The van der Waals surface area contributed by atoms with Crippen molar-refractivity contribution in [2.45, 2.75) is 40.2 Å². The Kier molecular flexibility index (Phi) is 5.60. The molecule has 0 aromatic heterocycles. The van der Waals surface area contributed by atoms with E-state index in [1.54, 1.807) is 12.1 Å². The second-order valence-electron chi connectivity index (χ2n) is 5.50. The minimum absolute atomic E-state index is 0.176. The van der Waals surface area contributed by atoms with Crippen LogP contribution in [0, 0.1) is 11.7 Å². The summed E-state index contributed by atoms with van der Waals surface area (Å²) < 4.78 is 13.6. The molecular formula is C15H25FN2. The van der Waals surface area contributed by atoms with Crippen LogP contribution in [0.5, 0.6) is 0 Å². The van der Waals surface area contributed by atoms with Crippen LogP contribution in [0.4, 0.5) is 10.1 Å². The maximum Gasteiger partial charge on any atom is 0.125 e. The van der Waals surface area contributed by atoms with Gasteiger partial charge in [-0.3, -0.25) is 0 Å². The van der Waals surface area contributed by atoms with Crippen LogP contribution in [0.2, 0.25) is 0 Å². The van der Waals surface area contributed by atoms with Crippen molar-refractivity contribution >= 4 is 5.69 Å². The Balaban J connectivity index is 3.03. The van der Waals surface area contributed by atoms with Gasteiger partial charge in [-0.05, 0) is 56.5 Å². The third-order valence-corrected chi connectivity index (χ3v) is 2.89. The van der Waals surface area contributed by atoms with Gasteiger partial charge in [0.1, 0.15) is 5.82 Å². The number of benzene rings is 1. The van der Waals surface area contributed by atoms with Crippen molar-refractivity contribution in [2.24, 2.45) is 11.7 Å². The molecule has 0 aliphatic heterocycles. The van der Waals surface area contributed by atoms with Gasteiger partial charge in [0.05, 0.1) is 0 Å². The van der Waals surface area contributed by atoms with Crippen LogP contribution in [-0.4, -0.2) is 19.1 Å². The summed E-state index contributed by atoms with van der Waals surface area (Å²) in [5.74, 6) is 0.374. The van der Waals surface area contributed by atoms with Crippen molar-refractivity contribution in [3.63, 3.8) is 0 Å². The summed E-state index contributed by atoms with van der Waals surface area (Å²) in [5, 5.41) is 0. The molecule has 0 heterocycles. The second-order valence-corrected chi connectivity index (χ2v) is 5.50. The standard InChI is InChI=1S/C15H25FN2/c1-11(2)10-18(12(3)4)15-8-13(5-6-17)7-14(16)9-15/h7-9,11-12H,5-6,10,17H2,1-4H3. The molecule has 102 valence electrons. The molecule has 2 N–H and O–H groups in total. The highest BCUT2D eigenvalue weighted by atomic mass is 19.1. The van der Waals surface area contributed by atoms with Crippen LogP contribution in [0.25, 0.3) is 0 Å². The van der Waals surface area contributed by atoms with Crippen LogP contribution in [0.3, 0.4) is 0 Å². The third-order valence-electron chi connectivity index (χ3n) is 2.89. The van der Waals surface area contributed by atoms with Crippen molar-refractivity contribution in [1.29, 1.82) is 0 Å². The van der Waals surface area contributed by atoms with Gasteiger partial charge in [-0.2, -0.15) is 0 Å². The Morgan fingerprint density at radius 2 is 1.83 bits per heavy atom. The first kappa shape index (κ1) is 15.0. The molecule has 0 fully saturated rings. The molecule has 0 unspecified atom stereocenters. The molecule has 0 saturated carbocycles. The van der Waals surface area contributed by atoms with Gasteiger partial charge in [-0.25, -0.2) is 4.39 Å². The number of hydrogen-bond donors (Lipinski definition) is 1. The topological polar surface area (TPSA) is 29.3 Å². The van der Waals surface area contributed by atoms with E-state index in [1.807, 2.05) is 0 Å². The number of hydrogen-bond acceptors (Lipinski definition) is 2. The lowest BCUT2D eigenvalue weighted by Crippen LogP contribution is -2.34. The molecule has 3 heteroatoms. The summed E-state index contributed by atoms with van der Waals surface area (Å²) in [6.45, 7) is 10.1. The predicted octanol–water partition coefficient (Wildman–Crippen LogP) is 3.20. The van der Waals surface area contributed by atoms with Crippen molar-refractivity contribution < 1.29 is 4.39 Å². The molecule has 0 amide bonds. The van der Waals surface area contributed by atoms with Crippen LogP contribution in [0.1, 0.15) is 33.3 Å². The van der Waals surface area contributed by atoms with Crippen LogP contribution in [-0.2, 0) is 6.42 Å². The molecule has 0 aliphatic carbocycles. The number of halogens is 1. The minimum atomic E-state index is -0.176. The number of nitrogens with zero attached hydrogens (tertiary/aromatic N) is 1. The molecule has 0 saturated heterocycles. The predicted molar refractivity (Wildman–Crippen MR) is 76.5 cm³/mol. The molecule has 0 radical (unpaired) electrons. The zero-order valence-corrected chi connectivity index (χ0v) is 11.9. The van der Waals surface area contributed by atoms with Gasteiger partial charge in [0.2, 0.25) is 0 Å². The number of nitrogens with two attached hydrogens (primary N) is 1. The smallest absolute Gasteiger partial charge is 0.125 e. The molecule has 0 aliphatic rings. The number of rotatable bonds is 6. The van der Waals surface area contributed by atoms with E-state index in [2.05, 4.69) is 38.7 Å². The van der Waals surface area contributed by atoms with Crippen molar-refractivity contribution in [2.75, 3.05) is 18.0 Å². The Hall–Kier alpha value is -1.09. The summed E-state index contributed by atoms with van der Waals surface area (Å²) in [5.41, 5.74) is 7.48. The molecule has 2 nitrogen and oxygen atoms in total. The monoisotopic (exact) mass is 252 g/mol. The van der Waals surface area contributed by atoms with E-state index in [9.17, 15) is 4.39 Å². The van der Waals surface area contributed by atoms with E-state index in [4.69, 9.17) is 5.73 Å². The van der Waals surface area contributed by atoms with Crippen molar-refractivity contribution in [1.82, 2.24) is 0 Å². The fourth-order valence-electron chi connectivity index (χ4n) is 2.12. The highest BCUT2D eigenvalue weighted by Gasteiger charge is 2.13. The first-order valence-electron chi connectivity index (χ1n) is 6.70. The second kappa shape index (κ2) is 6.74. The SMILES string of the molecule is CC(C)CN(c1cc(F)cc(CCN)c1)C(C)C. The lowest BCUT2D eigenvalue weighted by Gasteiger charge is -2.31. The largest absolute Gasteiger partial charge is 0.369 e. The maximum absolute atomic E-state index is 13.6. The summed E-state index contributed by atoms with van der Waals surface area (Å²) in [6, 6.07) is 5.60. The highest BCUT2D eigenvalue weighted by molar-refractivity contribution is 5.50. The van der Waals surface area contributed by atoms with Gasteiger partial charge < -0.3 is 10.6 Å². The normalized spacial score (nSPS) is 11.3. The Morgan fingerprint density at radius 1 is 1.17 bits per heavy atom. The molecule has 18 heavy (non-hydrogen) atoms. The zero-order chi connectivity index (χ0) is 13.7.